The van der Waals surface area contributed by atoms with E-state index >= 15 is 0 Å². The number of amides is 1. The normalized spacial score (nSPS) is 13.0. The predicted octanol–water partition coefficient (Wildman–Crippen LogP) is 5.61. The lowest BCUT2D eigenvalue weighted by Gasteiger charge is -2.22. The third kappa shape index (κ3) is 5.86. The molecule has 0 aliphatic carbocycles. The van der Waals surface area contributed by atoms with Gasteiger partial charge in [-0.2, -0.15) is 26.3 Å². The van der Waals surface area contributed by atoms with Crippen LogP contribution < -0.4 is 10.2 Å². The van der Waals surface area contributed by atoms with Crippen molar-refractivity contribution in [1.82, 2.24) is 4.98 Å². The van der Waals surface area contributed by atoms with Crippen LogP contribution in [-0.4, -0.2) is 23.8 Å². The van der Waals surface area contributed by atoms with Gasteiger partial charge in [0.15, 0.2) is 0 Å². The smallest absolute Gasteiger partial charge is 0.311 e. The lowest BCUT2D eigenvalue weighted by Crippen LogP contribution is -2.82. The number of anilines is 1. The molecule has 1 aliphatic rings. The number of pyridine rings is 1. The van der Waals surface area contributed by atoms with E-state index in [9.17, 15) is 31.1 Å². The molecule has 5 nitrogen and oxygen atoms in total. The second-order valence-electron chi connectivity index (χ2n) is 8.94. The number of fused-ring (bicyclic) bond motifs is 1. The third-order valence-electron chi connectivity index (χ3n) is 6.21. The number of amidine groups is 1. The Morgan fingerprint density at radius 3 is 2.36 bits per heavy atom. The van der Waals surface area contributed by atoms with Gasteiger partial charge in [0.1, 0.15) is 0 Å². The molecule has 0 atom stereocenters. The maximum atomic E-state index is 13.5. The molecule has 1 aliphatic heterocycles. The number of carbonyl (C=O) groups is 1. The van der Waals surface area contributed by atoms with Crippen LogP contribution in [0.5, 0.6) is 0 Å². The predicted molar refractivity (Wildman–Crippen MR) is 134 cm³/mol. The summed E-state index contributed by atoms with van der Waals surface area (Å²) in [5, 5.41) is 9.30. The van der Waals surface area contributed by atoms with Gasteiger partial charge in [0, 0.05) is 41.7 Å². The number of rotatable bonds is 2. The molecule has 39 heavy (non-hydrogen) atoms. The van der Waals surface area contributed by atoms with Crippen LogP contribution in [0.4, 0.5) is 37.8 Å². The molecule has 3 N–H and O–H groups in total. The van der Waals surface area contributed by atoms with Crippen molar-refractivity contribution in [2.75, 3.05) is 11.9 Å². The fraction of sp³-hybridized carbons (Fsp3) is 0.179. The highest BCUT2D eigenvalue weighted by molar-refractivity contribution is 6.07. The fourth-order valence-corrected chi connectivity index (χ4v) is 3.97. The van der Waals surface area contributed by atoms with Crippen LogP contribution in [0.1, 0.15) is 49.3 Å². The number of benzene rings is 2. The molecule has 3 aromatic rings. The van der Waals surface area contributed by atoms with Gasteiger partial charge in [0.25, 0.3) is 5.91 Å². The molecule has 0 unspecified atom stereocenters. The van der Waals surface area contributed by atoms with Gasteiger partial charge in [-0.05, 0) is 61.4 Å². The lowest BCUT2D eigenvalue weighted by molar-refractivity contribution is -0.448. The quantitative estimate of drug-likeness (QED) is 0.326. The van der Waals surface area contributed by atoms with Crippen LogP contribution >= 0.6 is 0 Å². The summed E-state index contributed by atoms with van der Waals surface area (Å²) in [6, 6.07) is 6.97. The molecule has 0 saturated heterocycles. The van der Waals surface area contributed by atoms with Crippen molar-refractivity contribution in [2.45, 2.75) is 26.2 Å². The molecule has 0 bridgehead atoms. The molecule has 0 saturated carbocycles. The molecular formula is C28H21F6N4O+. The first-order chi connectivity index (χ1) is 18.1. The second-order valence-corrected chi connectivity index (χ2v) is 8.94. The van der Waals surface area contributed by atoms with Crippen molar-refractivity contribution < 1.29 is 36.5 Å². The highest BCUT2D eigenvalue weighted by atomic mass is 19.4. The van der Waals surface area contributed by atoms with E-state index in [1.807, 2.05) is 0 Å². The summed E-state index contributed by atoms with van der Waals surface area (Å²) in [5.41, 5.74) is -1.51. The van der Waals surface area contributed by atoms with Crippen molar-refractivity contribution in [1.29, 1.82) is 5.41 Å². The van der Waals surface area contributed by atoms with E-state index in [1.54, 1.807) is 42.7 Å². The minimum atomic E-state index is -5.08. The zero-order valence-electron chi connectivity index (χ0n) is 20.8. The van der Waals surface area contributed by atoms with Crippen molar-refractivity contribution in [3.63, 3.8) is 0 Å². The number of nitrogens with zero attached hydrogens (tertiary/aromatic N) is 2. The minimum absolute atomic E-state index is 0.0131. The van der Waals surface area contributed by atoms with Gasteiger partial charge in [-0.15, -0.1) is 0 Å². The number of halogens is 6. The van der Waals surface area contributed by atoms with E-state index in [0.29, 0.717) is 28.8 Å². The summed E-state index contributed by atoms with van der Waals surface area (Å²) in [6.45, 7) is 2.75. The number of hydrogen-bond donors (Lipinski definition) is 2. The van der Waals surface area contributed by atoms with Gasteiger partial charge >= 0.3 is 12.4 Å². The van der Waals surface area contributed by atoms with Crippen LogP contribution in [-0.2, 0) is 12.4 Å². The van der Waals surface area contributed by atoms with Gasteiger partial charge in [0.2, 0.25) is 11.7 Å². The first-order valence-corrected chi connectivity index (χ1v) is 11.5. The van der Waals surface area contributed by atoms with Crippen LogP contribution in [0.2, 0.25) is 0 Å². The highest BCUT2D eigenvalue weighted by Gasteiger charge is 2.39. The van der Waals surface area contributed by atoms with Gasteiger partial charge in [-0.25, -0.2) is 10.3 Å². The van der Waals surface area contributed by atoms with Gasteiger partial charge in [-0.1, -0.05) is 17.9 Å². The Balaban J connectivity index is 1.69. The second kappa shape index (κ2) is 10.0. The van der Waals surface area contributed by atoms with Crippen molar-refractivity contribution in [2.24, 2.45) is 0 Å². The Kier molecular flexibility index (Phi) is 7.10. The minimum Gasteiger partial charge on any atom is -0.311 e. The van der Waals surface area contributed by atoms with Gasteiger partial charge in [0.05, 0.1) is 16.7 Å². The molecule has 1 amide bonds. The Morgan fingerprint density at radius 2 is 1.69 bits per heavy atom. The molecule has 2 heterocycles. The molecule has 0 spiro atoms. The van der Waals surface area contributed by atoms with Crippen LogP contribution in [0.3, 0.4) is 0 Å². The average Bonchev–Trinajstić information content (AvgIpc) is 2.86. The fourth-order valence-electron chi connectivity index (χ4n) is 3.97. The molecule has 11 heteroatoms. The van der Waals surface area contributed by atoms with E-state index in [4.69, 9.17) is 5.41 Å². The maximum absolute atomic E-state index is 13.5. The molecule has 4 rings (SSSR count). The van der Waals surface area contributed by atoms with Crippen molar-refractivity contribution >= 4 is 29.3 Å². The summed E-state index contributed by atoms with van der Waals surface area (Å²) in [4.78, 5) is 18.5. The number of aromatic nitrogens is 1. The number of hydrogen-bond acceptors (Lipinski definition) is 3. The number of nitrogens with two attached hydrogens (primary N) is 1. The lowest BCUT2D eigenvalue weighted by atomic mass is 9.96. The molecule has 0 radical (unpaired) electrons. The van der Waals surface area contributed by atoms with E-state index in [0.717, 1.165) is 23.0 Å². The molecule has 200 valence electrons. The number of quaternary nitrogens is 1. The number of nitrogens with one attached hydrogen (secondary N) is 1. The number of alkyl halides is 6. The maximum Gasteiger partial charge on any atom is 0.416 e. The Bertz CT molecular complexity index is 1590. The highest BCUT2D eigenvalue weighted by Crippen LogP contribution is 2.39. The summed E-state index contributed by atoms with van der Waals surface area (Å²) >= 11 is 0. The van der Waals surface area contributed by atoms with Crippen LogP contribution in [0.15, 0.2) is 48.7 Å². The van der Waals surface area contributed by atoms with Gasteiger partial charge in [-0.3, -0.25) is 10.2 Å². The molecule has 1 aromatic heterocycles. The zero-order valence-corrected chi connectivity index (χ0v) is 20.8. The van der Waals surface area contributed by atoms with E-state index < -0.39 is 40.5 Å². The van der Waals surface area contributed by atoms with Crippen molar-refractivity contribution in [3.05, 3.63) is 93.2 Å². The third-order valence-corrected chi connectivity index (χ3v) is 6.21. The monoisotopic (exact) mass is 543 g/mol. The first kappa shape index (κ1) is 27.6. The van der Waals surface area contributed by atoms with Crippen molar-refractivity contribution in [3.8, 4) is 11.8 Å². The Hall–Kier alpha value is -4.43. The molecule has 2 aromatic carbocycles. The SMILES string of the molecule is Cc1ccc(N(C)C(=O)c2cc(C(F)(F)F)cc(C(F)(F)F)c2C)cc1C#Cc1cnc2c(c1)C=CC(=N)[NH2+]2. The largest absolute Gasteiger partial charge is 0.416 e. The topological polar surface area (TPSA) is 73.7 Å². The Morgan fingerprint density at radius 1 is 0.974 bits per heavy atom. The number of aryl methyl sites for hydroxylation is 1. The standard InChI is InChI=1S/C28H20F6N4O/c1-15-4-8-21(11-18(15)6-5-17-10-19-7-9-24(35)37-25(19)36-14-17)38(3)26(39)22-12-20(27(29,30)31)13-23(16(22)2)28(32,33)34/h4,7-14H,1-3H3,(H2,35,36,37)/p+1. The van der Waals surface area contributed by atoms with E-state index in [-0.39, 0.29) is 11.8 Å². The summed E-state index contributed by atoms with van der Waals surface area (Å²) < 4.78 is 80.6. The van der Waals surface area contributed by atoms with Gasteiger partial charge < -0.3 is 4.90 Å². The molecular weight excluding hydrogens is 522 g/mol. The molecule has 0 fully saturated rings. The van der Waals surface area contributed by atoms with Crippen LogP contribution in [0.25, 0.3) is 6.08 Å². The first-order valence-electron chi connectivity index (χ1n) is 11.5. The Labute approximate surface area is 219 Å². The number of carbonyl (C=O) groups excluding carboxylic acids is 1. The van der Waals surface area contributed by atoms with E-state index in [2.05, 4.69) is 16.8 Å². The summed E-state index contributed by atoms with van der Waals surface area (Å²) in [5.74, 6) is 5.91. The summed E-state index contributed by atoms with van der Waals surface area (Å²) in [6.07, 6.45) is -5.21. The average molecular weight is 543 g/mol. The van der Waals surface area contributed by atoms with E-state index in [1.165, 1.54) is 19.2 Å². The zero-order chi connectivity index (χ0) is 28.7. The van der Waals surface area contributed by atoms with Crippen LogP contribution in [0, 0.1) is 31.1 Å². The summed E-state index contributed by atoms with van der Waals surface area (Å²) in [7, 11) is 1.27.